The summed E-state index contributed by atoms with van der Waals surface area (Å²) in [6.45, 7) is 2.88. The fourth-order valence-electron chi connectivity index (χ4n) is 2.13. The lowest BCUT2D eigenvalue weighted by atomic mass is 10.2. The summed E-state index contributed by atoms with van der Waals surface area (Å²) in [4.78, 5) is 17.2. The van der Waals surface area contributed by atoms with Gasteiger partial charge in [-0.15, -0.1) is 0 Å². The van der Waals surface area contributed by atoms with Crippen LogP contribution in [0, 0.1) is 6.92 Å². The second kappa shape index (κ2) is 7.09. The summed E-state index contributed by atoms with van der Waals surface area (Å²) < 4.78 is 0. The molecule has 0 saturated heterocycles. The molecule has 0 unspecified atom stereocenters. The van der Waals surface area contributed by atoms with Crippen molar-refractivity contribution in [2.75, 3.05) is 11.4 Å². The van der Waals surface area contributed by atoms with Crippen LogP contribution < -0.4 is 4.90 Å². The van der Waals surface area contributed by atoms with E-state index >= 15 is 0 Å². The van der Waals surface area contributed by atoms with Crippen LogP contribution in [0.15, 0.2) is 42.6 Å². The van der Waals surface area contributed by atoms with Crippen LogP contribution in [0.25, 0.3) is 0 Å². The molecule has 0 aliphatic heterocycles. The number of hydrogen-bond donors (Lipinski definition) is 1. The summed E-state index contributed by atoms with van der Waals surface area (Å²) in [5.74, 6) is -0.0357. The Labute approximate surface area is 129 Å². The second-order valence-corrected chi connectivity index (χ2v) is 5.21. The number of hydrogen-bond acceptors (Lipinski definition) is 3. The Hall–Kier alpha value is -2.07. The predicted octanol–water partition coefficient (Wildman–Crippen LogP) is 3.52. The average Bonchev–Trinajstić information content (AvgIpc) is 2.46. The number of carboxylic acid groups (broad SMARTS) is 1. The van der Waals surface area contributed by atoms with Gasteiger partial charge in [0.05, 0.1) is 6.42 Å². The van der Waals surface area contributed by atoms with Crippen molar-refractivity contribution in [3.63, 3.8) is 0 Å². The number of aryl methyl sites for hydroxylation is 1. The van der Waals surface area contributed by atoms with Gasteiger partial charge < -0.3 is 10.0 Å². The van der Waals surface area contributed by atoms with E-state index in [0.29, 0.717) is 18.1 Å². The minimum Gasteiger partial charge on any atom is -0.481 e. The molecule has 0 saturated carbocycles. The fraction of sp³-hybridized carbons (Fsp3) is 0.250. The normalized spacial score (nSPS) is 10.4. The fourth-order valence-corrected chi connectivity index (χ4v) is 2.33. The van der Waals surface area contributed by atoms with Gasteiger partial charge in [0.2, 0.25) is 0 Å². The standard InChI is InChI=1S/C16H17ClN2O2/c1-12-5-4-9-18-16(12)19(10-8-15(20)21)11-13-6-2-3-7-14(13)17/h2-7,9H,8,10-11H2,1H3,(H,20,21). The average molecular weight is 305 g/mol. The van der Waals surface area contributed by atoms with Gasteiger partial charge in [-0.05, 0) is 30.2 Å². The molecule has 2 aromatic rings. The number of carbonyl (C=O) groups is 1. The number of rotatable bonds is 6. The largest absolute Gasteiger partial charge is 0.481 e. The first-order valence-electron chi connectivity index (χ1n) is 6.69. The zero-order chi connectivity index (χ0) is 15.2. The van der Waals surface area contributed by atoms with E-state index in [1.165, 1.54) is 0 Å². The summed E-state index contributed by atoms with van der Waals surface area (Å²) >= 11 is 6.19. The third-order valence-electron chi connectivity index (χ3n) is 3.20. The van der Waals surface area contributed by atoms with E-state index in [-0.39, 0.29) is 6.42 Å². The molecule has 0 aliphatic carbocycles. The lowest BCUT2D eigenvalue weighted by molar-refractivity contribution is -0.136. The predicted molar refractivity (Wildman–Crippen MR) is 83.7 cm³/mol. The van der Waals surface area contributed by atoms with Gasteiger partial charge in [-0.25, -0.2) is 4.98 Å². The molecule has 1 aromatic carbocycles. The zero-order valence-electron chi connectivity index (χ0n) is 11.8. The topological polar surface area (TPSA) is 53.4 Å². The minimum atomic E-state index is -0.826. The molecular formula is C16H17ClN2O2. The minimum absolute atomic E-state index is 0.0560. The number of aromatic nitrogens is 1. The van der Waals surface area contributed by atoms with Crippen LogP contribution in [-0.4, -0.2) is 22.6 Å². The number of halogens is 1. The Balaban J connectivity index is 2.26. The monoisotopic (exact) mass is 304 g/mol. The van der Waals surface area contributed by atoms with Crippen LogP contribution in [0.1, 0.15) is 17.5 Å². The van der Waals surface area contributed by atoms with Crippen molar-refractivity contribution in [1.82, 2.24) is 4.98 Å². The van der Waals surface area contributed by atoms with E-state index in [1.807, 2.05) is 48.2 Å². The SMILES string of the molecule is Cc1cccnc1N(CCC(=O)O)Cc1ccccc1Cl. The highest BCUT2D eigenvalue weighted by molar-refractivity contribution is 6.31. The van der Waals surface area contributed by atoms with E-state index in [9.17, 15) is 4.79 Å². The molecule has 0 spiro atoms. The molecule has 0 amide bonds. The Morgan fingerprint density at radius 2 is 2.05 bits per heavy atom. The Kier molecular flexibility index (Phi) is 5.17. The molecule has 110 valence electrons. The first-order chi connectivity index (χ1) is 10.1. The first-order valence-corrected chi connectivity index (χ1v) is 7.07. The summed E-state index contributed by atoms with van der Waals surface area (Å²) in [7, 11) is 0. The van der Waals surface area contributed by atoms with Crippen LogP contribution in [0.2, 0.25) is 5.02 Å². The number of benzene rings is 1. The van der Waals surface area contributed by atoms with Gasteiger partial charge >= 0.3 is 5.97 Å². The highest BCUT2D eigenvalue weighted by Crippen LogP contribution is 2.22. The number of aliphatic carboxylic acids is 1. The quantitative estimate of drug-likeness (QED) is 0.887. The van der Waals surface area contributed by atoms with E-state index in [0.717, 1.165) is 16.9 Å². The van der Waals surface area contributed by atoms with Crippen LogP contribution >= 0.6 is 11.6 Å². The van der Waals surface area contributed by atoms with Crippen molar-refractivity contribution < 1.29 is 9.90 Å². The molecular weight excluding hydrogens is 288 g/mol. The molecule has 21 heavy (non-hydrogen) atoms. The lowest BCUT2D eigenvalue weighted by Crippen LogP contribution is -2.27. The number of anilines is 1. The van der Waals surface area contributed by atoms with Gasteiger partial charge in [0.15, 0.2) is 0 Å². The third-order valence-corrected chi connectivity index (χ3v) is 3.56. The van der Waals surface area contributed by atoms with Gasteiger partial charge in [0, 0.05) is 24.3 Å². The van der Waals surface area contributed by atoms with E-state index in [2.05, 4.69) is 4.98 Å². The Morgan fingerprint density at radius 3 is 2.71 bits per heavy atom. The van der Waals surface area contributed by atoms with Gasteiger partial charge in [-0.3, -0.25) is 4.79 Å². The summed E-state index contributed by atoms with van der Waals surface area (Å²) in [6.07, 6.45) is 1.77. The molecule has 1 aromatic heterocycles. The highest BCUT2D eigenvalue weighted by Gasteiger charge is 2.14. The number of pyridine rings is 1. The van der Waals surface area contributed by atoms with Gasteiger partial charge in [-0.2, -0.15) is 0 Å². The molecule has 0 fully saturated rings. The first kappa shape index (κ1) is 15.3. The summed E-state index contributed by atoms with van der Waals surface area (Å²) in [5.41, 5.74) is 1.96. The van der Waals surface area contributed by atoms with Gasteiger partial charge in [0.25, 0.3) is 0 Å². The third kappa shape index (κ3) is 4.20. The van der Waals surface area contributed by atoms with Crippen LogP contribution in [-0.2, 0) is 11.3 Å². The molecule has 0 radical (unpaired) electrons. The van der Waals surface area contributed by atoms with Crippen LogP contribution in [0.5, 0.6) is 0 Å². The zero-order valence-corrected chi connectivity index (χ0v) is 12.5. The molecule has 0 aliphatic rings. The Morgan fingerprint density at radius 1 is 1.29 bits per heavy atom. The van der Waals surface area contributed by atoms with Crippen LogP contribution in [0.4, 0.5) is 5.82 Å². The van der Waals surface area contributed by atoms with E-state index < -0.39 is 5.97 Å². The maximum absolute atomic E-state index is 10.9. The number of nitrogens with zero attached hydrogens (tertiary/aromatic N) is 2. The second-order valence-electron chi connectivity index (χ2n) is 4.80. The van der Waals surface area contributed by atoms with Gasteiger partial charge in [-0.1, -0.05) is 35.9 Å². The smallest absolute Gasteiger partial charge is 0.305 e. The maximum Gasteiger partial charge on any atom is 0.305 e. The summed E-state index contributed by atoms with van der Waals surface area (Å²) in [6, 6.07) is 11.4. The highest BCUT2D eigenvalue weighted by atomic mass is 35.5. The Bertz CT molecular complexity index is 631. The molecule has 1 heterocycles. The van der Waals surface area contributed by atoms with E-state index in [1.54, 1.807) is 6.20 Å². The van der Waals surface area contributed by atoms with Crippen molar-refractivity contribution >= 4 is 23.4 Å². The van der Waals surface area contributed by atoms with Crippen molar-refractivity contribution in [2.24, 2.45) is 0 Å². The van der Waals surface area contributed by atoms with Crippen molar-refractivity contribution in [3.8, 4) is 0 Å². The molecule has 5 heteroatoms. The molecule has 0 bridgehead atoms. The van der Waals surface area contributed by atoms with E-state index in [4.69, 9.17) is 16.7 Å². The lowest BCUT2D eigenvalue weighted by Gasteiger charge is -2.25. The molecule has 4 nitrogen and oxygen atoms in total. The van der Waals surface area contributed by atoms with Gasteiger partial charge in [0.1, 0.15) is 5.82 Å². The molecule has 2 rings (SSSR count). The molecule has 0 atom stereocenters. The summed E-state index contributed by atoms with van der Waals surface area (Å²) in [5, 5.41) is 9.60. The van der Waals surface area contributed by atoms with Crippen molar-refractivity contribution in [2.45, 2.75) is 19.9 Å². The molecule has 1 N–H and O–H groups in total. The number of carboxylic acids is 1. The van der Waals surface area contributed by atoms with Crippen molar-refractivity contribution in [3.05, 3.63) is 58.7 Å². The maximum atomic E-state index is 10.9. The van der Waals surface area contributed by atoms with Crippen molar-refractivity contribution in [1.29, 1.82) is 0 Å². The van der Waals surface area contributed by atoms with Crippen LogP contribution in [0.3, 0.4) is 0 Å².